The van der Waals surface area contributed by atoms with E-state index in [-0.39, 0.29) is 5.69 Å². The van der Waals surface area contributed by atoms with Crippen molar-refractivity contribution in [1.29, 1.82) is 5.41 Å². The molecule has 12 heteroatoms. The van der Waals surface area contributed by atoms with E-state index in [0.717, 1.165) is 9.75 Å². The molecule has 2 aliphatic rings. The first-order valence-corrected chi connectivity index (χ1v) is 11.4. The number of rotatable bonds is 4. The Hall–Kier alpha value is -3.25. The number of allylic oxidation sites excluding steroid dienone is 2. The highest BCUT2D eigenvalue weighted by Crippen LogP contribution is 2.58. The van der Waals surface area contributed by atoms with E-state index in [1.54, 1.807) is 6.07 Å². The van der Waals surface area contributed by atoms with Gasteiger partial charge in [0.05, 0.1) is 26.0 Å². The van der Waals surface area contributed by atoms with Crippen LogP contribution in [0.5, 0.6) is 23.0 Å². The molecule has 0 aliphatic carbocycles. The van der Waals surface area contributed by atoms with Gasteiger partial charge >= 0.3 is 6.18 Å². The SMILES string of the molecule is N=C(C=C(N)C(F)(F)F)c1cc(-c2sc(-c3scc4c3OCCO4)c3c2OCCO3)ccn1. The lowest BCUT2D eigenvalue weighted by atomic mass is 10.1. The second-order valence-corrected chi connectivity index (χ2v) is 8.91. The Bertz CT molecular complexity index is 1270. The molecule has 3 N–H and O–H groups in total. The maximum Gasteiger partial charge on any atom is 0.430 e. The summed E-state index contributed by atoms with van der Waals surface area (Å²) in [7, 11) is 0. The Morgan fingerprint density at radius 2 is 1.67 bits per heavy atom. The van der Waals surface area contributed by atoms with Gasteiger partial charge in [-0.05, 0) is 23.8 Å². The van der Waals surface area contributed by atoms with Gasteiger partial charge in [0.1, 0.15) is 32.1 Å². The molecule has 0 spiro atoms. The number of hydrogen-bond donors (Lipinski definition) is 2. The molecule has 0 bridgehead atoms. The van der Waals surface area contributed by atoms with Crippen molar-refractivity contribution in [3.8, 4) is 43.2 Å². The minimum absolute atomic E-state index is 0.0466. The summed E-state index contributed by atoms with van der Waals surface area (Å²) in [4.78, 5) is 6.41. The molecule has 5 heterocycles. The monoisotopic (exact) mass is 495 g/mol. The third-order valence-corrected chi connectivity index (χ3v) is 7.14. The van der Waals surface area contributed by atoms with E-state index in [4.69, 9.17) is 30.1 Å². The third-order valence-electron chi connectivity index (χ3n) is 4.83. The first-order valence-electron chi connectivity index (χ1n) is 9.72. The number of nitrogens with one attached hydrogen (secondary N) is 1. The molecule has 33 heavy (non-hydrogen) atoms. The van der Waals surface area contributed by atoms with Crippen molar-refractivity contribution in [1.82, 2.24) is 4.98 Å². The number of fused-ring (bicyclic) bond motifs is 2. The summed E-state index contributed by atoms with van der Waals surface area (Å²) in [6, 6.07) is 3.23. The highest BCUT2D eigenvalue weighted by molar-refractivity contribution is 7.24. The number of thiophene rings is 2. The number of nitrogens with zero attached hydrogens (tertiary/aromatic N) is 1. The van der Waals surface area contributed by atoms with E-state index in [9.17, 15) is 13.2 Å². The Balaban J connectivity index is 1.57. The molecule has 0 fully saturated rings. The molecule has 5 rings (SSSR count). The van der Waals surface area contributed by atoms with E-state index in [1.807, 2.05) is 5.38 Å². The van der Waals surface area contributed by atoms with Crippen LogP contribution < -0.4 is 24.7 Å². The number of aromatic nitrogens is 1. The van der Waals surface area contributed by atoms with Gasteiger partial charge in [0.25, 0.3) is 0 Å². The molecule has 3 aromatic heterocycles. The second-order valence-electron chi connectivity index (χ2n) is 7.01. The zero-order chi connectivity index (χ0) is 23.2. The van der Waals surface area contributed by atoms with E-state index in [1.165, 1.54) is 34.9 Å². The average molecular weight is 496 g/mol. The van der Waals surface area contributed by atoms with E-state index < -0.39 is 17.6 Å². The number of nitrogens with two attached hydrogens (primary N) is 1. The predicted octanol–water partition coefficient (Wildman–Crippen LogP) is 4.85. The standard InChI is InChI=1S/C21H16F3N3O4S2/c22-21(23,24)14(26)8-11(25)12-7-10(1-2-27-12)18-16-17(31-6-5-30-16)20(33-18)19-15-13(9-32-19)28-3-4-29-15/h1-2,7-9,25H,3-6,26H2. The van der Waals surface area contributed by atoms with Crippen molar-refractivity contribution in [2.24, 2.45) is 5.73 Å². The van der Waals surface area contributed by atoms with Crippen LogP contribution in [0.3, 0.4) is 0 Å². The lowest BCUT2D eigenvalue weighted by Crippen LogP contribution is -2.20. The maximum atomic E-state index is 12.8. The van der Waals surface area contributed by atoms with Crippen molar-refractivity contribution < 1.29 is 32.1 Å². The zero-order valence-electron chi connectivity index (χ0n) is 16.8. The van der Waals surface area contributed by atoms with Crippen LogP contribution in [0, 0.1) is 5.41 Å². The molecule has 2 aliphatic heterocycles. The zero-order valence-corrected chi connectivity index (χ0v) is 18.5. The molecule has 3 aromatic rings. The first-order chi connectivity index (χ1) is 15.8. The number of halogens is 3. The normalized spacial score (nSPS) is 15.4. The minimum atomic E-state index is -4.72. The summed E-state index contributed by atoms with van der Waals surface area (Å²) in [5, 5.41) is 9.89. The van der Waals surface area contributed by atoms with Crippen LogP contribution in [-0.4, -0.2) is 43.3 Å². The van der Waals surface area contributed by atoms with Crippen LogP contribution in [0.15, 0.2) is 35.5 Å². The van der Waals surface area contributed by atoms with Gasteiger partial charge in [-0.2, -0.15) is 13.2 Å². The fourth-order valence-electron chi connectivity index (χ4n) is 3.34. The van der Waals surface area contributed by atoms with Crippen molar-refractivity contribution in [3.63, 3.8) is 0 Å². The fraction of sp³-hybridized carbons (Fsp3) is 0.238. The molecule has 7 nitrogen and oxygen atoms in total. The average Bonchev–Trinajstić information content (AvgIpc) is 3.40. The molecule has 0 unspecified atom stereocenters. The molecule has 0 amide bonds. The first kappa shape index (κ1) is 21.6. The minimum Gasteiger partial charge on any atom is -0.485 e. The Morgan fingerprint density at radius 3 is 2.39 bits per heavy atom. The predicted molar refractivity (Wildman–Crippen MR) is 118 cm³/mol. The van der Waals surface area contributed by atoms with Crippen molar-refractivity contribution in [2.45, 2.75) is 6.18 Å². The number of ether oxygens (including phenoxy) is 4. The van der Waals surface area contributed by atoms with Gasteiger partial charge in [0, 0.05) is 11.6 Å². The Labute approximate surface area is 193 Å². The summed E-state index contributed by atoms with van der Waals surface area (Å²) >= 11 is 2.87. The molecule has 0 saturated carbocycles. The molecule has 0 atom stereocenters. The summed E-state index contributed by atoms with van der Waals surface area (Å²) in [5.41, 5.74) is 3.91. The molecule has 172 valence electrons. The quantitative estimate of drug-likeness (QED) is 0.502. The second kappa shape index (κ2) is 8.27. The summed E-state index contributed by atoms with van der Waals surface area (Å²) in [6.45, 7) is 1.67. The lowest BCUT2D eigenvalue weighted by molar-refractivity contribution is -0.0925. The largest absolute Gasteiger partial charge is 0.485 e. The van der Waals surface area contributed by atoms with Gasteiger partial charge in [-0.25, -0.2) is 0 Å². The van der Waals surface area contributed by atoms with E-state index in [0.29, 0.717) is 65.9 Å². The smallest absolute Gasteiger partial charge is 0.430 e. The topological polar surface area (TPSA) is 99.7 Å². The summed E-state index contributed by atoms with van der Waals surface area (Å²) in [5.74, 6) is 2.44. The van der Waals surface area contributed by atoms with Crippen LogP contribution in [-0.2, 0) is 0 Å². The van der Waals surface area contributed by atoms with Gasteiger partial charge in [0.2, 0.25) is 0 Å². The van der Waals surface area contributed by atoms with Crippen LogP contribution in [0.1, 0.15) is 5.69 Å². The number of pyridine rings is 1. The van der Waals surface area contributed by atoms with E-state index in [2.05, 4.69) is 4.98 Å². The van der Waals surface area contributed by atoms with Crippen molar-refractivity contribution in [2.75, 3.05) is 26.4 Å². The van der Waals surface area contributed by atoms with Gasteiger partial charge < -0.3 is 24.7 Å². The Morgan fingerprint density at radius 1 is 1.00 bits per heavy atom. The molecule has 0 aromatic carbocycles. The summed E-state index contributed by atoms with van der Waals surface area (Å²) < 4.78 is 61.6. The van der Waals surface area contributed by atoms with Gasteiger partial charge in [0.15, 0.2) is 23.0 Å². The molecular weight excluding hydrogens is 479 g/mol. The molecule has 0 saturated heterocycles. The lowest BCUT2D eigenvalue weighted by Gasteiger charge is -2.18. The highest BCUT2D eigenvalue weighted by atomic mass is 32.1. The van der Waals surface area contributed by atoms with Gasteiger partial charge in [-0.15, -0.1) is 22.7 Å². The fourth-order valence-corrected chi connectivity index (χ4v) is 5.60. The van der Waals surface area contributed by atoms with Crippen molar-refractivity contribution >= 4 is 28.4 Å². The third kappa shape index (κ3) is 4.00. The number of alkyl halides is 3. The van der Waals surface area contributed by atoms with E-state index >= 15 is 0 Å². The van der Waals surface area contributed by atoms with Gasteiger partial charge in [-0.3, -0.25) is 10.4 Å². The highest BCUT2D eigenvalue weighted by Gasteiger charge is 2.32. The van der Waals surface area contributed by atoms with Crippen LogP contribution in [0.4, 0.5) is 13.2 Å². The molecule has 0 radical (unpaired) electrons. The molecular formula is C21H16F3N3O4S2. The van der Waals surface area contributed by atoms with Crippen LogP contribution in [0.2, 0.25) is 0 Å². The van der Waals surface area contributed by atoms with Gasteiger partial charge in [-0.1, -0.05) is 0 Å². The maximum absolute atomic E-state index is 12.8. The Kier molecular flexibility index (Phi) is 5.41. The van der Waals surface area contributed by atoms with Crippen molar-refractivity contribution in [3.05, 3.63) is 41.2 Å². The number of hydrogen-bond acceptors (Lipinski definition) is 9. The van der Waals surface area contributed by atoms with Crippen LogP contribution >= 0.6 is 22.7 Å². The summed E-state index contributed by atoms with van der Waals surface area (Å²) in [6.07, 6.45) is -2.74. The van der Waals surface area contributed by atoms with Crippen LogP contribution in [0.25, 0.3) is 20.2 Å².